The molecule has 0 atom stereocenters. The summed E-state index contributed by atoms with van der Waals surface area (Å²) in [6.45, 7) is 1.55. The largest absolute Gasteiger partial charge is 0.353 e. The van der Waals surface area contributed by atoms with E-state index in [1.165, 1.54) is 11.8 Å². The number of hydrogen-bond donors (Lipinski definition) is 1. The molecule has 0 aromatic heterocycles. The van der Waals surface area contributed by atoms with Crippen LogP contribution in [0.5, 0.6) is 0 Å². The minimum Gasteiger partial charge on any atom is -0.353 e. The van der Waals surface area contributed by atoms with Crippen LogP contribution in [0.2, 0.25) is 0 Å². The summed E-state index contributed by atoms with van der Waals surface area (Å²) in [6, 6.07) is 7.77. The fourth-order valence-corrected chi connectivity index (χ4v) is 2.14. The molecule has 17 heavy (non-hydrogen) atoms. The Morgan fingerprint density at radius 1 is 1.29 bits per heavy atom. The van der Waals surface area contributed by atoms with Crippen molar-refractivity contribution >= 4 is 23.5 Å². The summed E-state index contributed by atoms with van der Waals surface area (Å²) >= 11 is 1.50. The first kappa shape index (κ1) is 12.2. The maximum absolute atomic E-state index is 11.5. The lowest BCUT2D eigenvalue weighted by molar-refractivity contribution is -0.118. The van der Waals surface area contributed by atoms with Gasteiger partial charge in [0.2, 0.25) is 5.91 Å². The van der Waals surface area contributed by atoms with Gasteiger partial charge in [-0.2, -0.15) is 0 Å². The number of hydrogen-bond acceptors (Lipinski definition) is 3. The maximum Gasteiger partial charge on any atom is 0.230 e. The van der Waals surface area contributed by atoms with E-state index in [-0.39, 0.29) is 11.7 Å². The van der Waals surface area contributed by atoms with E-state index in [0.29, 0.717) is 17.4 Å². The van der Waals surface area contributed by atoms with Crippen molar-refractivity contribution in [2.24, 2.45) is 0 Å². The van der Waals surface area contributed by atoms with Crippen molar-refractivity contribution < 1.29 is 9.59 Å². The lowest BCUT2D eigenvalue weighted by Gasteiger charge is -2.03. The average Bonchev–Trinajstić information content (AvgIpc) is 3.11. The zero-order valence-corrected chi connectivity index (χ0v) is 10.5. The lowest BCUT2D eigenvalue weighted by atomic mass is 10.2. The summed E-state index contributed by atoms with van der Waals surface area (Å²) in [5.41, 5.74) is 0.705. The van der Waals surface area contributed by atoms with Crippen LogP contribution in [0.1, 0.15) is 30.1 Å². The Hall–Kier alpha value is -1.29. The van der Waals surface area contributed by atoms with Crippen molar-refractivity contribution in [2.75, 3.05) is 5.75 Å². The van der Waals surface area contributed by atoms with Crippen LogP contribution in [-0.4, -0.2) is 23.5 Å². The summed E-state index contributed by atoms with van der Waals surface area (Å²) in [6.07, 6.45) is 2.23. The summed E-state index contributed by atoms with van der Waals surface area (Å²) in [5, 5.41) is 2.94. The zero-order chi connectivity index (χ0) is 12.3. The monoisotopic (exact) mass is 249 g/mol. The number of rotatable bonds is 5. The quantitative estimate of drug-likeness (QED) is 0.643. The SMILES string of the molecule is CC(=O)c1ccc(SCC(=O)NC2CC2)cc1. The molecule has 1 aromatic rings. The van der Waals surface area contributed by atoms with E-state index in [0.717, 1.165) is 17.7 Å². The van der Waals surface area contributed by atoms with Crippen LogP contribution in [0.15, 0.2) is 29.2 Å². The van der Waals surface area contributed by atoms with E-state index < -0.39 is 0 Å². The second kappa shape index (κ2) is 5.36. The molecule has 2 rings (SSSR count). The highest BCUT2D eigenvalue weighted by Gasteiger charge is 2.22. The van der Waals surface area contributed by atoms with Gasteiger partial charge in [-0.05, 0) is 31.9 Å². The Balaban J connectivity index is 1.81. The van der Waals surface area contributed by atoms with E-state index >= 15 is 0 Å². The fraction of sp³-hybridized carbons (Fsp3) is 0.385. The third kappa shape index (κ3) is 3.89. The van der Waals surface area contributed by atoms with Gasteiger partial charge in [0.05, 0.1) is 5.75 Å². The van der Waals surface area contributed by atoms with Gasteiger partial charge >= 0.3 is 0 Å². The van der Waals surface area contributed by atoms with Crippen molar-refractivity contribution in [2.45, 2.75) is 30.7 Å². The molecule has 4 heteroatoms. The van der Waals surface area contributed by atoms with Crippen LogP contribution in [0.3, 0.4) is 0 Å². The molecular formula is C13H15NO2S. The number of ketones is 1. The first-order chi connectivity index (χ1) is 8.15. The molecule has 0 aliphatic heterocycles. The minimum atomic E-state index is 0.0630. The third-order valence-corrected chi connectivity index (χ3v) is 3.59. The molecule has 0 unspecified atom stereocenters. The molecule has 1 fully saturated rings. The van der Waals surface area contributed by atoms with E-state index in [1.54, 1.807) is 19.1 Å². The summed E-state index contributed by atoms with van der Waals surface area (Å²) in [5.74, 6) is 0.594. The van der Waals surface area contributed by atoms with Crippen LogP contribution >= 0.6 is 11.8 Å². The van der Waals surface area contributed by atoms with E-state index in [1.807, 2.05) is 12.1 Å². The first-order valence-electron chi connectivity index (χ1n) is 5.68. The number of carbonyl (C=O) groups excluding carboxylic acids is 2. The van der Waals surface area contributed by atoms with Crippen molar-refractivity contribution in [1.82, 2.24) is 5.32 Å². The molecule has 0 heterocycles. The molecule has 1 saturated carbocycles. The topological polar surface area (TPSA) is 46.2 Å². The van der Waals surface area contributed by atoms with Gasteiger partial charge in [-0.3, -0.25) is 9.59 Å². The Labute approximate surface area is 105 Å². The number of benzene rings is 1. The molecule has 1 aromatic carbocycles. The highest BCUT2D eigenvalue weighted by molar-refractivity contribution is 8.00. The number of amides is 1. The number of Topliss-reactive ketones (excluding diaryl/α,β-unsaturated/α-hetero) is 1. The van der Waals surface area contributed by atoms with Crippen molar-refractivity contribution in [1.29, 1.82) is 0 Å². The number of thioether (sulfide) groups is 1. The number of nitrogens with one attached hydrogen (secondary N) is 1. The highest BCUT2D eigenvalue weighted by Crippen LogP contribution is 2.21. The normalized spacial score (nSPS) is 14.4. The number of carbonyl (C=O) groups is 2. The average molecular weight is 249 g/mol. The molecular weight excluding hydrogens is 234 g/mol. The van der Waals surface area contributed by atoms with Gasteiger partial charge in [0, 0.05) is 16.5 Å². The molecule has 1 N–H and O–H groups in total. The molecule has 0 saturated heterocycles. The predicted molar refractivity (Wildman–Crippen MR) is 68.3 cm³/mol. The first-order valence-corrected chi connectivity index (χ1v) is 6.67. The Morgan fingerprint density at radius 3 is 2.47 bits per heavy atom. The van der Waals surface area contributed by atoms with Gasteiger partial charge in [0.25, 0.3) is 0 Å². The van der Waals surface area contributed by atoms with E-state index in [9.17, 15) is 9.59 Å². The molecule has 1 aliphatic rings. The molecule has 0 bridgehead atoms. The van der Waals surface area contributed by atoms with Crippen LogP contribution in [0.4, 0.5) is 0 Å². The second-order valence-corrected chi connectivity index (χ2v) is 5.26. The zero-order valence-electron chi connectivity index (χ0n) is 9.73. The second-order valence-electron chi connectivity index (χ2n) is 4.21. The predicted octanol–water partition coefficient (Wildman–Crippen LogP) is 2.26. The summed E-state index contributed by atoms with van der Waals surface area (Å²) in [7, 11) is 0. The smallest absolute Gasteiger partial charge is 0.230 e. The van der Waals surface area contributed by atoms with Crippen molar-refractivity contribution in [3.63, 3.8) is 0 Å². The van der Waals surface area contributed by atoms with Crippen LogP contribution in [0, 0.1) is 0 Å². The molecule has 90 valence electrons. The molecule has 1 amide bonds. The Bertz CT molecular complexity index is 424. The molecule has 0 spiro atoms. The van der Waals surface area contributed by atoms with Crippen molar-refractivity contribution in [3.8, 4) is 0 Å². The standard InChI is InChI=1S/C13H15NO2S/c1-9(15)10-2-6-12(7-3-10)17-8-13(16)14-11-4-5-11/h2-3,6-7,11H,4-5,8H2,1H3,(H,14,16). The molecule has 0 radical (unpaired) electrons. The van der Waals surface area contributed by atoms with Gasteiger partial charge in [0.15, 0.2) is 5.78 Å². The Kier molecular flexibility index (Phi) is 3.84. The maximum atomic E-state index is 11.5. The van der Waals surface area contributed by atoms with Crippen LogP contribution < -0.4 is 5.32 Å². The van der Waals surface area contributed by atoms with E-state index in [2.05, 4.69) is 5.32 Å². The van der Waals surface area contributed by atoms with Crippen molar-refractivity contribution in [3.05, 3.63) is 29.8 Å². The third-order valence-electron chi connectivity index (χ3n) is 2.57. The van der Waals surface area contributed by atoms with Gasteiger partial charge in [0.1, 0.15) is 0 Å². The highest BCUT2D eigenvalue weighted by atomic mass is 32.2. The lowest BCUT2D eigenvalue weighted by Crippen LogP contribution is -2.26. The van der Waals surface area contributed by atoms with Crippen LogP contribution in [-0.2, 0) is 4.79 Å². The van der Waals surface area contributed by atoms with Crippen LogP contribution in [0.25, 0.3) is 0 Å². The van der Waals surface area contributed by atoms with Gasteiger partial charge in [-0.15, -0.1) is 11.8 Å². The Morgan fingerprint density at radius 2 is 1.94 bits per heavy atom. The van der Waals surface area contributed by atoms with E-state index in [4.69, 9.17) is 0 Å². The van der Waals surface area contributed by atoms with Gasteiger partial charge in [-0.25, -0.2) is 0 Å². The fourth-order valence-electron chi connectivity index (χ4n) is 1.43. The minimum absolute atomic E-state index is 0.0630. The van der Waals surface area contributed by atoms with Gasteiger partial charge in [-0.1, -0.05) is 12.1 Å². The molecule has 3 nitrogen and oxygen atoms in total. The summed E-state index contributed by atoms with van der Waals surface area (Å²) in [4.78, 5) is 23.6. The summed E-state index contributed by atoms with van der Waals surface area (Å²) < 4.78 is 0. The molecule has 1 aliphatic carbocycles. The van der Waals surface area contributed by atoms with Gasteiger partial charge < -0.3 is 5.32 Å².